The van der Waals surface area contributed by atoms with Gasteiger partial charge in [-0.1, -0.05) is 40.5 Å². The Labute approximate surface area is 254 Å². The van der Waals surface area contributed by atoms with Gasteiger partial charge >= 0.3 is 5.97 Å². The average molecular weight is 608 g/mol. The Morgan fingerprint density at radius 2 is 1.74 bits per heavy atom. The molecule has 0 N–H and O–H groups in total. The summed E-state index contributed by atoms with van der Waals surface area (Å²) < 4.78 is 23.8. The van der Waals surface area contributed by atoms with Crippen LogP contribution in [0.5, 0.6) is 5.75 Å². The first-order valence-electron chi connectivity index (χ1n) is 14.6. The van der Waals surface area contributed by atoms with Crippen molar-refractivity contribution in [1.29, 1.82) is 0 Å². The number of hydrogen-bond donors (Lipinski definition) is 0. The summed E-state index contributed by atoms with van der Waals surface area (Å²) in [6, 6.07) is 14.8. The molecule has 7 nitrogen and oxygen atoms in total. The number of rotatable bonds is 9. The first-order chi connectivity index (χ1) is 20.4. The lowest BCUT2D eigenvalue weighted by Gasteiger charge is -2.52. The summed E-state index contributed by atoms with van der Waals surface area (Å²) in [4.78, 5) is 16.2. The molecule has 0 amide bonds. The van der Waals surface area contributed by atoms with Gasteiger partial charge < -0.3 is 18.7 Å². The SMILES string of the molecule is COC(=O)c1ccc2cc(OCC34CCC(OCc5c(-c6c(Cl)cccc6Cl)noc5C5CC5)(CC3)CC4)ccc2n1. The minimum Gasteiger partial charge on any atom is -0.493 e. The third-order valence-electron chi connectivity index (χ3n) is 9.42. The van der Waals surface area contributed by atoms with Gasteiger partial charge in [0.25, 0.3) is 0 Å². The van der Waals surface area contributed by atoms with E-state index in [1.54, 1.807) is 6.07 Å². The lowest BCUT2D eigenvalue weighted by atomic mass is 9.59. The number of halogens is 2. The molecule has 2 heterocycles. The third-order valence-corrected chi connectivity index (χ3v) is 10.1. The van der Waals surface area contributed by atoms with E-state index < -0.39 is 5.97 Å². The van der Waals surface area contributed by atoms with E-state index in [-0.39, 0.29) is 11.0 Å². The maximum Gasteiger partial charge on any atom is 0.356 e. The van der Waals surface area contributed by atoms with Gasteiger partial charge in [0.15, 0.2) is 0 Å². The van der Waals surface area contributed by atoms with Gasteiger partial charge in [-0.3, -0.25) is 0 Å². The van der Waals surface area contributed by atoms with Gasteiger partial charge in [-0.05, 0) is 87.8 Å². The predicted octanol–water partition coefficient (Wildman–Crippen LogP) is 8.55. The van der Waals surface area contributed by atoms with Gasteiger partial charge in [0, 0.05) is 27.8 Å². The van der Waals surface area contributed by atoms with Gasteiger partial charge in [-0.2, -0.15) is 0 Å². The van der Waals surface area contributed by atoms with E-state index in [9.17, 15) is 4.79 Å². The molecule has 0 spiro atoms. The van der Waals surface area contributed by atoms with Crippen LogP contribution in [-0.4, -0.2) is 35.4 Å². The molecule has 4 aliphatic rings. The van der Waals surface area contributed by atoms with Crippen LogP contribution in [0.4, 0.5) is 0 Å². The number of pyridine rings is 1. The van der Waals surface area contributed by atoms with Crippen LogP contribution in [0.2, 0.25) is 10.0 Å². The Hall–Kier alpha value is -3.13. The van der Waals surface area contributed by atoms with Crippen molar-refractivity contribution in [3.05, 3.63) is 75.6 Å². The van der Waals surface area contributed by atoms with Crippen LogP contribution in [-0.2, 0) is 16.1 Å². The largest absolute Gasteiger partial charge is 0.493 e. The number of esters is 1. The first-order valence-corrected chi connectivity index (χ1v) is 15.3. The van der Waals surface area contributed by atoms with Gasteiger partial charge in [0.2, 0.25) is 0 Å². The molecule has 0 atom stereocenters. The normalized spacial score (nSPS) is 23.3. The Morgan fingerprint density at radius 3 is 2.43 bits per heavy atom. The molecule has 8 rings (SSSR count). The summed E-state index contributed by atoms with van der Waals surface area (Å²) in [5.41, 5.74) is 3.43. The molecule has 218 valence electrons. The second-order valence-corrected chi connectivity index (χ2v) is 12.9. The molecule has 42 heavy (non-hydrogen) atoms. The van der Waals surface area contributed by atoms with Gasteiger partial charge in [0.05, 0.1) is 41.5 Å². The van der Waals surface area contributed by atoms with E-state index in [1.807, 2.05) is 42.5 Å². The first kappa shape index (κ1) is 27.7. The molecule has 0 radical (unpaired) electrons. The van der Waals surface area contributed by atoms with Gasteiger partial charge in [-0.25, -0.2) is 9.78 Å². The fourth-order valence-electron chi connectivity index (χ4n) is 6.58. The van der Waals surface area contributed by atoms with Crippen LogP contribution in [0.3, 0.4) is 0 Å². The smallest absolute Gasteiger partial charge is 0.356 e. The van der Waals surface area contributed by atoms with Crippen molar-refractivity contribution >= 4 is 40.1 Å². The van der Waals surface area contributed by atoms with E-state index in [2.05, 4.69) is 10.1 Å². The molecule has 0 aliphatic heterocycles. The zero-order valence-corrected chi connectivity index (χ0v) is 25.0. The van der Waals surface area contributed by atoms with Crippen LogP contribution >= 0.6 is 23.2 Å². The highest BCUT2D eigenvalue weighted by Gasteiger charge is 2.50. The molecule has 4 aromatic rings. The van der Waals surface area contributed by atoms with Crippen LogP contribution in [0.25, 0.3) is 22.2 Å². The molecule has 4 fully saturated rings. The molecule has 4 saturated carbocycles. The standard InChI is InChI=1S/C33H32Cl2N2O5/c1-39-31(38)27-9-7-21-17-22(8-10-26(21)36-27)40-19-32-11-14-33(15-12-32,16-13-32)41-18-23-29(37-42-30(23)20-5-6-20)28-24(34)3-2-4-25(28)35/h2-4,7-10,17,20H,5-6,11-16,18-19H2,1H3. The zero-order chi connectivity index (χ0) is 28.9. The molecular formula is C33H32Cl2N2O5. The molecule has 9 heteroatoms. The Bertz CT molecular complexity index is 1620. The monoisotopic (exact) mass is 606 g/mol. The topological polar surface area (TPSA) is 83.7 Å². The summed E-state index contributed by atoms with van der Waals surface area (Å²) in [6.07, 6.45) is 8.40. The van der Waals surface area contributed by atoms with Crippen molar-refractivity contribution < 1.29 is 23.5 Å². The summed E-state index contributed by atoms with van der Waals surface area (Å²) >= 11 is 13.1. The molecule has 4 aliphatic carbocycles. The third kappa shape index (κ3) is 5.16. The summed E-state index contributed by atoms with van der Waals surface area (Å²) in [5.74, 6) is 1.68. The number of carbonyl (C=O) groups excluding carboxylic acids is 1. The zero-order valence-electron chi connectivity index (χ0n) is 23.5. The van der Waals surface area contributed by atoms with Crippen LogP contribution in [0, 0.1) is 5.41 Å². The number of aromatic nitrogens is 2. The highest BCUT2D eigenvalue weighted by molar-refractivity contribution is 6.39. The van der Waals surface area contributed by atoms with Crippen LogP contribution in [0.15, 0.2) is 53.1 Å². The minimum absolute atomic E-state index is 0.145. The Morgan fingerprint density at radius 1 is 1.00 bits per heavy atom. The maximum absolute atomic E-state index is 11.8. The number of ether oxygens (including phenoxy) is 3. The van der Waals surface area contributed by atoms with Crippen LogP contribution in [0.1, 0.15) is 79.1 Å². The van der Waals surface area contributed by atoms with Crippen molar-refractivity contribution in [1.82, 2.24) is 10.1 Å². The Kier molecular flexibility index (Phi) is 7.16. The maximum atomic E-state index is 11.8. The lowest BCUT2D eigenvalue weighted by Crippen LogP contribution is -2.49. The second-order valence-electron chi connectivity index (χ2n) is 12.0. The van der Waals surface area contributed by atoms with Crippen molar-refractivity contribution in [2.75, 3.05) is 13.7 Å². The number of methoxy groups -OCH3 is 1. The Balaban J connectivity index is 1.01. The van der Waals surface area contributed by atoms with Gasteiger partial charge in [0.1, 0.15) is 22.9 Å². The molecule has 2 bridgehead atoms. The second kappa shape index (κ2) is 10.9. The van der Waals surface area contributed by atoms with E-state index >= 15 is 0 Å². The van der Waals surface area contributed by atoms with Crippen molar-refractivity contribution in [2.24, 2.45) is 5.41 Å². The van der Waals surface area contributed by atoms with E-state index in [0.717, 1.165) is 79.3 Å². The van der Waals surface area contributed by atoms with Crippen molar-refractivity contribution in [3.8, 4) is 17.0 Å². The quantitative estimate of drug-likeness (QED) is 0.176. The molecule has 2 aromatic carbocycles. The van der Waals surface area contributed by atoms with E-state index in [0.29, 0.717) is 46.1 Å². The van der Waals surface area contributed by atoms with Crippen LogP contribution < -0.4 is 4.74 Å². The number of nitrogens with zero attached hydrogens (tertiary/aromatic N) is 2. The molecule has 2 aromatic heterocycles. The summed E-state index contributed by atoms with van der Waals surface area (Å²) in [6.45, 7) is 1.12. The highest BCUT2D eigenvalue weighted by atomic mass is 35.5. The van der Waals surface area contributed by atoms with E-state index in [1.165, 1.54) is 7.11 Å². The fraction of sp³-hybridized carbons (Fsp3) is 0.424. The number of benzene rings is 2. The van der Waals surface area contributed by atoms with Crippen molar-refractivity contribution in [3.63, 3.8) is 0 Å². The molecule has 0 unspecified atom stereocenters. The number of fused-ring (bicyclic) bond motifs is 4. The van der Waals surface area contributed by atoms with Gasteiger partial charge in [-0.15, -0.1) is 0 Å². The van der Waals surface area contributed by atoms with E-state index in [4.69, 9.17) is 41.9 Å². The fourth-order valence-corrected chi connectivity index (χ4v) is 7.16. The molecule has 0 saturated heterocycles. The lowest BCUT2D eigenvalue weighted by molar-refractivity contribution is -0.150. The number of carbonyl (C=O) groups is 1. The van der Waals surface area contributed by atoms with Crippen molar-refractivity contribution in [2.45, 2.75) is 69.5 Å². The minimum atomic E-state index is -0.443. The molecular weight excluding hydrogens is 575 g/mol. The predicted molar refractivity (Wildman–Crippen MR) is 160 cm³/mol. The number of hydrogen-bond acceptors (Lipinski definition) is 7. The summed E-state index contributed by atoms with van der Waals surface area (Å²) in [5, 5.41) is 6.47. The highest BCUT2D eigenvalue weighted by Crippen LogP contribution is 2.55. The average Bonchev–Trinajstić information content (AvgIpc) is 3.79. The summed E-state index contributed by atoms with van der Waals surface area (Å²) in [7, 11) is 1.35.